The lowest BCUT2D eigenvalue weighted by Gasteiger charge is -2.22. The summed E-state index contributed by atoms with van der Waals surface area (Å²) in [5, 5.41) is 20.4. The average Bonchev–Trinajstić information content (AvgIpc) is 3.23. The highest BCUT2D eigenvalue weighted by Gasteiger charge is 2.22. The minimum absolute atomic E-state index is 0.0910. The SMILES string of the molecule is O=C(c1ccc(OCCN2CC=CCC2)cc1)c1c(-c2ccc(O)cc2)sc2cc(O)ccc12. The van der Waals surface area contributed by atoms with Crippen molar-refractivity contribution < 1.29 is 19.7 Å². The van der Waals surface area contributed by atoms with Gasteiger partial charge in [-0.15, -0.1) is 11.3 Å². The Bertz CT molecular complexity index is 1340. The van der Waals surface area contributed by atoms with Crippen LogP contribution < -0.4 is 4.74 Å². The molecule has 0 radical (unpaired) electrons. The van der Waals surface area contributed by atoms with Gasteiger partial charge in [0.2, 0.25) is 0 Å². The van der Waals surface area contributed by atoms with E-state index in [1.54, 1.807) is 54.6 Å². The molecule has 172 valence electrons. The molecule has 6 heteroatoms. The minimum atomic E-state index is -0.0910. The molecule has 1 aromatic heterocycles. The predicted molar refractivity (Wildman–Crippen MR) is 136 cm³/mol. The van der Waals surface area contributed by atoms with Crippen LogP contribution in [0.3, 0.4) is 0 Å². The summed E-state index contributed by atoms with van der Waals surface area (Å²) < 4.78 is 6.73. The summed E-state index contributed by atoms with van der Waals surface area (Å²) in [4.78, 5) is 16.8. The lowest BCUT2D eigenvalue weighted by molar-refractivity contribution is 0.104. The van der Waals surface area contributed by atoms with Crippen LogP contribution in [0.4, 0.5) is 0 Å². The molecular formula is C28H25NO4S. The molecule has 2 heterocycles. The highest BCUT2D eigenvalue weighted by atomic mass is 32.1. The number of benzene rings is 3. The quantitative estimate of drug-likeness (QED) is 0.261. The molecule has 0 bridgehead atoms. The van der Waals surface area contributed by atoms with Crippen LogP contribution in [0.5, 0.6) is 17.2 Å². The van der Waals surface area contributed by atoms with Gasteiger partial charge in [-0.25, -0.2) is 0 Å². The van der Waals surface area contributed by atoms with Gasteiger partial charge in [-0.2, -0.15) is 0 Å². The van der Waals surface area contributed by atoms with Crippen LogP contribution in [0, 0.1) is 0 Å². The Kier molecular flexibility index (Phi) is 6.34. The van der Waals surface area contributed by atoms with Gasteiger partial charge in [-0.1, -0.05) is 12.2 Å². The molecule has 0 spiro atoms. The number of carbonyl (C=O) groups excluding carboxylic acids is 1. The topological polar surface area (TPSA) is 70.0 Å². The van der Waals surface area contributed by atoms with Crippen LogP contribution in [0.15, 0.2) is 78.9 Å². The van der Waals surface area contributed by atoms with E-state index in [1.807, 2.05) is 12.1 Å². The maximum Gasteiger partial charge on any atom is 0.195 e. The van der Waals surface area contributed by atoms with Crippen LogP contribution in [0.1, 0.15) is 22.3 Å². The molecular weight excluding hydrogens is 446 g/mol. The number of phenolic OH excluding ortho intramolecular Hbond substituents is 2. The fraction of sp³-hybridized carbons (Fsp3) is 0.179. The molecule has 2 N–H and O–H groups in total. The maximum absolute atomic E-state index is 13.6. The van der Waals surface area contributed by atoms with Gasteiger partial charge in [0.05, 0.1) is 0 Å². The van der Waals surface area contributed by atoms with E-state index in [-0.39, 0.29) is 17.3 Å². The van der Waals surface area contributed by atoms with Crippen molar-refractivity contribution in [2.45, 2.75) is 6.42 Å². The Labute approximate surface area is 202 Å². The zero-order chi connectivity index (χ0) is 23.5. The second-order valence-corrected chi connectivity index (χ2v) is 9.35. The second-order valence-electron chi connectivity index (χ2n) is 8.30. The third-order valence-corrected chi connectivity index (χ3v) is 7.17. The summed E-state index contributed by atoms with van der Waals surface area (Å²) >= 11 is 1.45. The Balaban J connectivity index is 1.39. The number of rotatable bonds is 7. The monoisotopic (exact) mass is 471 g/mol. The summed E-state index contributed by atoms with van der Waals surface area (Å²) in [6, 6.07) is 19.1. The Morgan fingerprint density at radius 3 is 2.44 bits per heavy atom. The van der Waals surface area contributed by atoms with Crippen LogP contribution in [-0.4, -0.2) is 47.1 Å². The molecule has 34 heavy (non-hydrogen) atoms. The van der Waals surface area contributed by atoms with Crippen molar-refractivity contribution in [3.05, 3.63) is 90.0 Å². The highest BCUT2D eigenvalue weighted by Crippen LogP contribution is 2.41. The van der Waals surface area contributed by atoms with E-state index in [1.165, 1.54) is 11.3 Å². The first kappa shape index (κ1) is 22.2. The lowest BCUT2D eigenvalue weighted by Crippen LogP contribution is -2.31. The molecule has 1 aliphatic rings. The Morgan fingerprint density at radius 1 is 0.941 bits per heavy atom. The van der Waals surface area contributed by atoms with E-state index in [0.717, 1.165) is 52.3 Å². The lowest BCUT2D eigenvalue weighted by atomic mass is 9.97. The van der Waals surface area contributed by atoms with Crippen LogP contribution in [-0.2, 0) is 0 Å². The van der Waals surface area contributed by atoms with Gasteiger partial charge < -0.3 is 14.9 Å². The number of phenols is 2. The normalized spacial score (nSPS) is 13.9. The number of nitrogens with zero attached hydrogens (tertiary/aromatic N) is 1. The molecule has 0 aliphatic carbocycles. The summed E-state index contributed by atoms with van der Waals surface area (Å²) in [6.07, 6.45) is 5.48. The summed E-state index contributed by atoms with van der Waals surface area (Å²) in [6.45, 7) is 3.50. The van der Waals surface area contributed by atoms with Gasteiger partial charge in [0.25, 0.3) is 0 Å². The van der Waals surface area contributed by atoms with Gasteiger partial charge in [0, 0.05) is 45.7 Å². The van der Waals surface area contributed by atoms with Gasteiger partial charge >= 0.3 is 0 Å². The summed E-state index contributed by atoms with van der Waals surface area (Å²) in [5.41, 5.74) is 2.01. The van der Waals surface area contributed by atoms with E-state index in [4.69, 9.17) is 4.74 Å². The number of ether oxygens (including phenoxy) is 1. The van der Waals surface area contributed by atoms with Crippen LogP contribution in [0.25, 0.3) is 20.5 Å². The molecule has 3 aromatic carbocycles. The van der Waals surface area contributed by atoms with Gasteiger partial charge in [0.15, 0.2) is 5.78 Å². The molecule has 0 amide bonds. The number of hydrogen-bond donors (Lipinski definition) is 2. The molecule has 5 nitrogen and oxygen atoms in total. The number of thiophene rings is 1. The second kappa shape index (κ2) is 9.71. The smallest absolute Gasteiger partial charge is 0.195 e. The van der Waals surface area contributed by atoms with Crippen molar-refractivity contribution in [3.8, 4) is 27.7 Å². The van der Waals surface area contributed by atoms with Crippen molar-refractivity contribution >= 4 is 27.2 Å². The first-order valence-electron chi connectivity index (χ1n) is 11.3. The number of fused-ring (bicyclic) bond motifs is 1. The molecule has 0 saturated carbocycles. The van der Waals surface area contributed by atoms with Crippen molar-refractivity contribution in [1.82, 2.24) is 4.90 Å². The number of carbonyl (C=O) groups is 1. The largest absolute Gasteiger partial charge is 0.508 e. The van der Waals surface area contributed by atoms with Crippen molar-refractivity contribution in [2.75, 3.05) is 26.2 Å². The highest BCUT2D eigenvalue weighted by molar-refractivity contribution is 7.22. The van der Waals surface area contributed by atoms with Gasteiger partial charge in [-0.3, -0.25) is 9.69 Å². The third-order valence-electron chi connectivity index (χ3n) is 5.97. The molecule has 5 rings (SSSR count). The Hall–Kier alpha value is -3.61. The zero-order valence-corrected chi connectivity index (χ0v) is 19.4. The first-order valence-corrected chi connectivity index (χ1v) is 12.1. The number of hydrogen-bond acceptors (Lipinski definition) is 6. The molecule has 0 saturated heterocycles. The van der Waals surface area contributed by atoms with E-state index in [2.05, 4.69) is 17.1 Å². The maximum atomic E-state index is 13.6. The third kappa shape index (κ3) is 4.69. The Morgan fingerprint density at radius 2 is 1.71 bits per heavy atom. The fourth-order valence-electron chi connectivity index (χ4n) is 4.16. The van der Waals surface area contributed by atoms with E-state index < -0.39 is 0 Å². The van der Waals surface area contributed by atoms with Gasteiger partial charge in [-0.05, 0) is 78.7 Å². The van der Waals surface area contributed by atoms with Crippen molar-refractivity contribution in [1.29, 1.82) is 0 Å². The molecule has 0 atom stereocenters. The number of ketones is 1. The van der Waals surface area contributed by atoms with E-state index >= 15 is 0 Å². The van der Waals surface area contributed by atoms with Crippen molar-refractivity contribution in [2.24, 2.45) is 0 Å². The fourth-order valence-corrected chi connectivity index (χ4v) is 5.40. The molecule has 1 aliphatic heterocycles. The molecule has 0 unspecified atom stereocenters. The minimum Gasteiger partial charge on any atom is -0.508 e. The first-order chi connectivity index (χ1) is 16.6. The molecule has 4 aromatic rings. The van der Waals surface area contributed by atoms with E-state index in [0.29, 0.717) is 17.7 Å². The molecule has 0 fully saturated rings. The van der Waals surface area contributed by atoms with Gasteiger partial charge in [0.1, 0.15) is 23.9 Å². The van der Waals surface area contributed by atoms with Crippen LogP contribution >= 0.6 is 11.3 Å². The summed E-state index contributed by atoms with van der Waals surface area (Å²) in [5.74, 6) is 0.976. The van der Waals surface area contributed by atoms with Crippen LogP contribution in [0.2, 0.25) is 0 Å². The average molecular weight is 472 g/mol. The predicted octanol–water partition coefficient (Wildman–Crippen LogP) is 5.85. The zero-order valence-electron chi connectivity index (χ0n) is 18.6. The standard InChI is InChI=1S/C28H25NO4S/c30-21-8-4-20(5-9-21)28-26(24-13-10-22(31)18-25(24)34-28)27(32)19-6-11-23(12-7-19)33-17-16-29-14-2-1-3-15-29/h1-2,4-13,18,30-31H,3,14-17H2. The van der Waals surface area contributed by atoms with Crippen molar-refractivity contribution in [3.63, 3.8) is 0 Å². The van der Waals surface area contributed by atoms with E-state index in [9.17, 15) is 15.0 Å². The summed E-state index contributed by atoms with van der Waals surface area (Å²) in [7, 11) is 0. The number of aromatic hydroxyl groups is 2.